The van der Waals surface area contributed by atoms with Crippen molar-refractivity contribution in [3.05, 3.63) is 71.7 Å². The lowest BCUT2D eigenvalue weighted by molar-refractivity contribution is -0.684. The van der Waals surface area contributed by atoms with Gasteiger partial charge in [0.2, 0.25) is 30.9 Å². The highest BCUT2D eigenvalue weighted by molar-refractivity contribution is 8.01. The van der Waals surface area contributed by atoms with Crippen LogP contribution >= 0.6 is 23.5 Å². The zero-order valence-electron chi connectivity index (χ0n) is 28.5. The molecule has 5 heterocycles. The second-order valence-corrected chi connectivity index (χ2v) is 14.5. The fraction of sp³-hybridized carbons (Fsp3) is 0.382. The van der Waals surface area contributed by atoms with Gasteiger partial charge in [-0.3, -0.25) is 38.5 Å². The van der Waals surface area contributed by atoms with Crippen LogP contribution in [0.3, 0.4) is 0 Å². The first-order chi connectivity index (χ1) is 25.6. The Balaban J connectivity index is 1.23. The van der Waals surface area contributed by atoms with Crippen molar-refractivity contribution in [3.8, 4) is 0 Å². The van der Waals surface area contributed by atoms with Crippen molar-refractivity contribution in [2.75, 3.05) is 42.7 Å². The lowest BCUT2D eigenvalue weighted by Crippen LogP contribution is -2.85. The maximum atomic E-state index is 14.2. The summed E-state index contributed by atoms with van der Waals surface area (Å²) in [5.74, 6) is -5.17. The normalized spacial score (nSPS) is 22.2. The maximum Gasteiger partial charge on any atom is 0.330 e. The van der Waals surface area contributed by atoms with Crippen LogP contribution in [0.1, 0.15) is 37.8 Å². The number of hydrazine groups is 1. The van der Waals surface area contributed by atoms with Gasteiger partial charge < -0.3 is 25.4 Å². The Labute approximate surface area is 312 Å². The molecule has 0 spiro atoms. The second kappa shape index (κ2) is 15.7. The summed E-state index contributed by atoms with van der Waals surface area (Å²) in [5.41, 5.74) is -1.92. The highest BCUT2D eigenvalue weighted by Gasteiger charge is 2.65. The number of carboxylic acids is 1. The number of likely N-dealkylation sites (N-methyl/N-ethyl adjacent to an activating group) is 1. The van der Waals surface area contributed by atoms with Crippen LogP contribution < -0.4 is 25.4 Å². The van der Waals surface area contributed by atoms with Crippen molar-refractivity contribution in [2.24, 2.45) is 0 Å². The molecule has 17 nitrogen and oxygen atoms in total. The number of aliphatic carboxylic acids is 1. The molecular formula is C34H36N8O9S2. The SMILES string of the molecule is CCN1CCN(N(C=O)[C@@H](C(=O)N[C@]2(NC=O)C(=O)N3C(C(=O)[O-])=C(CSc4cc[n+](N5CCCCC5=O)cc4)CS[C@@H]32)c2ccccc2)C(=O)C1=O. The number of carboxylic acid groups (broad SMARTS) is 1. The third kappa shape index (κ3) is 6.93. The number of β-lactam (4-membered cyclic amide) rings is 1. The van der Waals surface area contributed by atoms with Crippen LogP contribution in [0.4, 0.5) is 0 Å². The van der Waals surface area contributed by atoms with E-state index in [1.807, 2.05) is 0 Å². The first-order valence-corrected chi connectivity index (χ1v) is 18.9. The van der Waals surface area contributed by atoms with Gasteiger partial charge in [0.05, 0.1) is 24.8 Å². The first-order valence-electron chi connectivity index (χ1n) is 16.8. The third-order valence-electron chi connectivity index (χ3n) is 9.41. The van der Waals surface area contributed by atoms with Gasteiger partial charge in [-0.15, -0.1) is 28.5 Å². The van der Waals surface area contributed by atoms with E-state index < -0.39 is 46.7 Å². The molecule has 3 fully saturated rings. The van der Waals surface area contributed by atoms with Gasteiger partial charge in [-0.25, -0.2) is 10.0 Å². The number of carbonyl (C=O) groups is 8. The van der Waals surface area contributed by atoms with Crippen molar-refractivity contribution in [3.63, 3.8) is 0 Å². The minimum atomic E-state index is -2.13. The summed E-state index contributed by atoms with van der Waals surface area (Å²) in [6.45, 7) is 2.57. The summed E-state index contributed by atoms with van der Waals surface area (Å²) in [5, 5.41) is 19.6. The highest BCUT2D eigenvalue weighted by Crippen LogP contribution is 2.46. The molecule has 0 saturated carbocycles. The molecule has 0 radical (unpaired) electrons. The molecule has 3 saturated heterocycles. The molecule has 1 aromatic carbocycles. The molecular weight excluding hydrogens is 729 g/mol. The monoisotopic (exact) mass is 764 g/mol. The highest BCUT2D eigenvalue weighted by atomic mass is 32.2. The minimum Gasteiger partial charge on any atom is -0.543 e. The predicted molar refractivity (Wildman–Crippen MR) is 186 cm³/mol. The maximum absolute atomic E-state index is 14.2. The smallest absolute Gasteiger partial charge is 0.330 e. The van der Waals surface area contributed by atoms with E-state index in [9.17, 15) is 43.5 Å². The fourth-order valence-electron chi connectivity index (χ4n) is 6.73. The average Bonchev–Trinajstić information content (AvgIpc) is 3.17. The zero-order chi connectivity index (χ0) is 37.9. The van der Waals surface area contributed by atoms with Crippen LogP contribution in [-0.2, 0) is 38.4 Å². The first kappa shape index (κ1) is 37.3. The molecule has 3 atom stereocenters. The Bertz CT molecular complexity index is 1860. The number of nitrogens with zero attached hydrogens (tertiary/aromatic N) is 6. The summed E-state index contributed by atoms with van der Waals surface area (Å²) < 4.78 is 1.71. The summed E-state index contributed by atoms with van der Waals surface area (Å²) in [6, 6.07) is 9.88. The summed E-state index contributed by atoms with van der Waals surface area (Å²) in [6.07, 6.45) is 6.17. The molecule has 0 aliphatic carbocycles. The van der Waals surface area contributed by atoms with Crippen molar-refractivity contribution in [1.82, 2.24) is 30.5 Å². The molecule has 2 N–H and O–H groups in total. The van der Waals surface area contributed by atoms with Gasteiger partial charge in [0.25, 0.3) is 17.7 Å². The largest absolute Gasteiger partial charge is 0.543 e. The van der Waals surface area contributed by atoms with E-state index in [4.69, 9.17) is 0 Å². The number of hydrogen-bond acceptors (Lipinski definition) is 11. The van der Waals surface area contributed by atoms with Gasteiger partial charge in [0.1, 0.15) is 5.37 Å². The molecule has 278 valence electrons. The number of hydrogen-bond donors (Lipinski definition) is 2. The standard InChI is InChI=1S/C34H36N8O9S2/c1-2-37-16-17-40(30(48)29(37)47)41(21-44)26(22-8-4-3-5-9-22)28(46)36-34(35-20-43)32(51)42-27(31(49)50)23(19-53-33(34)42)18-52-24-11-14-38(15-12-24)39-13-7-6-10-25(39)45/h3-5,8-9,11-12,14-15,20-21,26,33H,2,6-7,10,13,16-19H2,1H3,(H2-,35,36,43,46,49,50)/t26-,33-,34-/m1/s1. The van der Waals surface area contributed by atoms with Gasteiger partial charge in [-0.2, -0.15) is 0 Å². The van der Waals surface area contributed by atoms with Crippen molar-refractivity contribution in [1.29, 1.82) is 0 Å². The number of rotatable bonds is 14. The molecule has 0 bridgehead atoms. The zero-order valence-corrected chi connectivity index (χ0v) is 30.2. The molecule has 4 aliphatic rings. The minimum absolute atomic E-state index is 0.0310. The number of benzene rings is 1. The van der Waals surface area contributed by atoms with Gasteiger partial charge in [0, 0.05) is 48.0 Å². The fourth-order valence-corrected chi connectivity index (χ4v) is 9.18. The van der Waals surface area contributed by atoms with Crippen LogP contribution in [0.15, 0.2) is 71.0 Å². The Morgan fingerprint density at radius 3 is 2.43 bits per heavy atom. The van der Waals surface area contributed by atoms with E-state index >= 15 is 0 Å². The summed E-state index contributed by atoms with van der Waals surface area (Å²) in [7, 11) is 0. The van der Waals surface area contributed by atoms with Gasteiger partial charge in [-0.05, 0) is 30.9 Å². The van der Waals surface area contributed by atoms with Crippen LogP contribution in [0.2, 0.25) is 0 Å². The van der Waals surface area contributed by atoms with Crippen molar-refractivity contribution >= 4 is 71.8 Å². The Morgan fingerprint density at radius 1 is 1.06 bits per heavy atom. The van der Waals surface area contributed by atoms with E-state index in [0.717, 1.165) is 44.4 Å². The molecule has 6 rings (SSSR count). The molecule has 2 aromatic rings. The van der Waals surface area contributed by atoms with E-state index in [-0.39, 0.29) is 61.1 Å². The number of piperazine rings is 1. The molecule has 53 heavy (non-hydrogen) atoms. The molecule has 1 aromatic heterocycles. The summed E-state index contributed by atoms with van der Waals surface area (Å²) >= 11 is 2.43. The van der Waals surface area contributed by atoms with Gasteiger partial charge >= 0.3 is 11.8 Å². The Morgan fingerprint density at radius 2 is 1.79 bits per heavy atom. The van der Waals surface area contributed by atoms with Crippen LogP contribution in [0, 0.1) is 0 Å². The number of amides is 7. The Hall–Kier alpha value is -5.43. The number of nitrogens with one attached hydrogen (secondary N) is 2. The van der Waals surface area contributed by atoms with Gasteiger partial charge in [-0.1, -0.05) is 35.0 Å². The molecule has 0 unspecified atom stereocenters. The Kier molecular flexibility index (Phi) is 11.0. The quantitative estimate of drug-likeness (QED) is 0.0538. The predicted octanol–water partition coefficient (Wildman–Crippen LogP) is -2.00. The van der Waals surface area contributed by atoms with Crippen molar-refractivity contribution < 1.29 is 48.1 Å². The second-order valence-electron chi connectivity index (χ2n) is 12.4. The molecule has 4 aliphatic heterocycles. The third-order valence-corrected chi connectivity index (χ3v) is 11.9. The van der Waals surface area contributed by atoms with E-state index in [0.29, 0.717) is 18.5 Å². The van der Waals surface area contributed by atoms with Crippen molar-refractivity contribution in [2.45, 2.75) is 48.2 Å². The number of fused-ring (bicyclic) bond motifs is 1. The van der Waals surface area contributed by atoms with Crippen LogP contribution in [0.5, 0.6) is 0 Å². The summed E-state index contributed by atoms with van der Waals surface area (Å²) in [4.78, 5) is 106. The van der Waals surface area contributed by atoms with Gasteiger partial charge in [0.15, 0.2) is 6.04 Å². The number of aromatic nitrogens is 1. The van der Waals surface area contributed by atoms with Crippen LogP contribution in [0.25, 0.3) is 0 Å². The molecule has 19 heteroatoms. The van der Waals surface area contributed by atoms with Crippen LogP contribution in [-0.4, -0.2) is 117 Å². The lowest BCUT2D eigenvalue weighted by atomic mass is 9.94. The topological polar surface area (TPSA) is 204 Å². The number of pyridine rings is 1. The number of thioether (sulfide) groups is 2. The molecule has 7 amide bonds. The lowest BCUT2D eigenvalue weighted by Gasteiger charge is -2.57. The number of carbonyl (C=O) groups excluding carboxylic acids is 8. The van der Waals surface area contributed by atoms with E-state index in [1.54, 1.807) is 59.3 Å². The average molecular weight is 765 g/mol. The number of piperidine rings is 1. The van der Waals surface area contributed by atoms with E-state index in [2.05, 4.69) is 10.6 Å². The van der Waals surface area contributed by atoms with E-state index in [1.165, 1.54) is 28.8 Å².